The molecule has 1 unspecified atom stereocenters. The Morgan fingerprint density at radius 1 is 1.56 bits per heavy atom. The molecule has 1 atom stereocenters. The first kappa shape index (κ1) is 10.9. The molecule has 1 aliphatic heterocycles. The van der Waals surface area contributed by atoms with Crippen LogP contribution in [0.15, 0.2) is 41.0 Å². The summed E-state index contributed by atoms with van der Waals surface area (Å²) in [5.41, 5.74) is 9.36. The zero-order chi connectivity index (χ0) is 11.2. The number of ether oxygens (including phenoxy) is 1. The maximum Gasteiger partial charge on any atom is 0.122 e. The van der Waals surface area contributed by atoms with Gasteiger partial charge in [-0.25, -0.2) is 0 Å². The van der Waals surface area contributed by atoms with Gasteiger partial charge >= 0.3 is 0 Å². The van der Waals surface area contributed by atoms with E-state index in [-0.39, 0.29) is 0 Å². The van der Waals surface area contributed by atoms with E-state index in [0.29, 0.717) is 5.92 Å². The van der Waals surface area contributed by atoms with Crippen molar-refractivity contribution in [1.29, 1.82) is 0 Å². The predicted molar refractivity (Wildman–Crippen MR) is 65.4 cm³/mol. The van der Waals surface area contributed by atoms with Crippen molar-refractivity contribution in [3.05, 3.63) is 51.9 Å². The first-order chi connectivity index (χ1) is 7.92. The Hall–Kier alpha value is -1.58. The average molecular weight is 233 g/mol. The fourth-order valence-corrected chi connectivity index (χ4v) is 2.40. The molecule has 0 saturated heterocycles. The van der Waals surface area contributed by atoms with Gasteiger partial charge in [0.15, 0.2) is 0 Å². The van der Waals surface area contributed by atoms with Gasteiger partial charge in [-0.15, -0.1) is 11.8 Å². The second-order valence-corrected chi connectivity index (χ2v) is 4.31. The number of para-hydroxylation sites is 1. The molecule has 0 fully saturated rings. The van der Waals surface area contributed by atoms with E-state index >= 15 is 0 Å². The molecule has 1 aromatic rings. The van der Waals surface area contributed by atoms with Crippen molar-refractivity contribution in [2.75, 3.05) is 12.4 Å². The lowest BCUT2D eigenvalue weighted by Crippen LogP contribution is -2.02. The minimum atomic E-state index is 0.428. The highest BCUT2D eigenvalue weighted by atomic mass is 32.2. The fraction of sp³-hybridized carbons (Fsp3) is 0.273. The number of benzene rings is 1. The van der Waals surface area contributed by atoms with Crippen molar-refractivity contribution < 1.29 is 4.74 Å². The quantitative estimate of drug-likeness (QED) is 0.452. The molecule has 16 heavy (non-hydrogen) atoms. The topological polar surface area (TPSA) is 58.0 Å². The molecule has 0 aromatic heterocycles. The maximum atomic E-state index is 8.09. The molecule has 5 heteroatoms. The minimum absolute atomic E-state index is 0.428. The highest BCUT2D eigenvalue weighted by Gasteiger charge is 2.22. The van der Waals surface area contributed by atoms with E-state index in [2.05, 4.69) is 16.1 Å². The van der Waals surface area contributed by atoms with Crippen LogP contribution in [0.2, 0.25) is 0 Å². The van der Waals surface area contributed by atoms with Crippen LogP contribution < -0.4 is 4.74 Å². The van der Waals surface area contributed by atoms with Crippen molar-refractivity contribution in [2.24, 2.45) is 5.11 Å². The average Bonchev–Trinajstić information content (AvgIpc) is 2.73. The summed E-state index contributed by atoms with van der Waals surface area (Å²) in [5, 5.41) is 5.13. The monoisotopic (exact) mass is 233 g/mol. The first-order valence-corrected chi connectivity index (χ1v) is 5.99. The van der Waals surface area contributed by atoms with E-state index in [0.717, 1.165) is 18.1 Å². The van der Waals surface area contributed by atoms with Crippen molar-refractivity contribution in [1.82, 2.24) is 0 Å². The molecular formula is C11H11N3OS. The van der Waals surface area contributed by atoms with Gasteiger partial charge in [0, 0.05) is 28.3 Å². The summed E-state index contributed by atoms with van der Waals surface area (Å²) in [4.78, 5) is 2.64. The van der Waals surface area contributed by atoms with Gasteiger partial charge in [0.2, 0.25) is 0 Å². The number of nitrogens with zero attached hydrogens (tertiary/aromatic N) is 3. The van der Waals surface area contributed by atoms with Gasteiger partial charge < -0.3 is 4.74 Å². The van der Waals surface area contributed by atoms with Gasteiger partial charge in [-0.2, -0.15) is 0 Å². The lowest BCUT2D eigenvalue weighted by molar-refractivity contribution is 0.339. The standard InChI is InChI=1S/C11H11N3OS/c12-14-13-5-6-16-8-9-7-15-11-4-2-1-3-10(9)11/h1-6,9H,7-8H2/b6-5+. The van der Waals surface area contributed by atoms with Crippen LogP contribution in [0.3, 0.4) is 0 Å². The molecule has 0 radical (unpaired) electrons. The largest absolute Gasteiger partial charge is 0.493 e. The molecule has 0 amide bonds. The van der Waals surface area contributed by atoms with Crippen molar-refractivity contribution in [3.8, 4) is 5.75 Å². The van der Waals surface area contributed by atoms with Crippen LogP contribution in [0, 0.1) is 0 Å². The van der Waals surface area contributed by atoms with Gasteiger partial charge in [0.05, 0.1) is 6.61 Å². The summed E-state index contributed by atoms with van der Waals surface area (Å²) in [6.45, 7) is 0.738. The molecule has 1 aromatic carbocycles. The normalized spacial score (nSPS) is 17.9. The SMILES string of the molecule is [N-]=[N+]=N/C=C/SCC1COc2ccccc21. The second kappa shape index (κ2) is 5.49. The van der Waals surface area contributed by atoms with Crippen LogP contribution in [0.5, 0.6) is 5.75 Å². The molecule has 1 aliphatic rings. The van der Waals surface area contributed by atoms with E-state index in [4.69, 9.17) is 10.3 Å². The summed E-state index contributed by atoms with van der Waals surface area (Å²) < 4.78 is 5.57. The summed E-state index contributed by atoms with van der Waals surface area (Å²) in [5.74, 6) is 2.36. The molecule has 0 saturated carbocycles. The van der Waals surface area contributed by atoms with Crippen molar-refractivity contribution in [2.45, 2.75) is 5.92 Å². The van der Waals surface area contributed by atoms with Gasteiger partial charge in [-0.05, 0) is 17.0 Å². The fourth-order valence-electron chi connectivity index (χ4n) is 1.64. The number of thioether (sulfide) groups is 1. The van der Waals surface area contributed by atoms with Gasteiger partial charge in [-0.1, -0.05) is 23.3 Å². The Morgan fingerprint density at radius 2 is 2.44 bits per heavy atom. The zero-order valence-corrected chi connectivity index (χ0v) is 9.43. The molecule has 4 nitrogen and oxygen atoms in total. The smallest absolute Gasteiger partial charge is 0.122 e. The molecule has 0 bridgehead atoms. The highest BCUT2D eigenvalue weighted by Crippen LogP contribution is 2.35. The van der Waals surface area contributed by atoms with Gasteiger partial charge in [0.1, 0.15) is 5.75 Å². The molecule has 0 spiro atoms. The number of azide groups is 1. The van der Waals surface area contributed by atoms with Crippen LogP contribution in [-0.2, 0) is 0 Å². The maximum absolute atomic E-state index is 8.09. The predicted octanol–water partition coefficient (Wildman–Crippen LogP) is 3.68. The van der Waals surface area contributed by atoms with E-state index in [1.165, 1.54) is 11.8 Å². The van der Waals surface area contributed by atoms with Crippen LogP contribution in [0.25, 0.3) is 10.4 Å². The molecular weight excluding hydrogens is 222 g/mol. The Balaban J connectivity index is 1.91. The first-order valence-electron chi connectivity index (χ1n) is 4.94. The Morgan fingerprint density at radius 3 is 3.31 bits per heavy atom. The van der Waals surface area contributed by atoms with Crippen molar-refractivity contribution >= 4 is 11.8 Å². The molecule has 0 aliphatic carbocycles. The number of rotatable bonds is 4. The summed E-state index contributed by atoms with van der Waals surface area (Å²) in [6.07, 6.45) is 1.46. The molecule has 82 valence electrons. The van der Waals surface area contributed by atoms with E-state index < -0.39 is 0 Å². The lowest BCUT2D eigenvalue weighted by atomic mass is 10.0. The number of hydrogen-bond acceptors (Lipinski definition) is 3. The minimum Gasteiger partial charge on any atom is -0.493 e. The summed E-state index contributed by atoms with van der Waals surface area (Å²) in [6, 6.07) is 8.11. The second-order valence-electron chi connectivity index (χ2n) is 3.37. The Labute approximate surface area is 97.9 Å². The number of hydrogen-bond donors (Lipinski definition) is 0. The van der Waals surface area contributed by atoms with E-state index in [1.54, 1.807) is 17.2 Å². The number of fused-ring (bicyclic) bond motifs is 1. The van der Waals surface area contributed by atoms with Crippen LogP contribution in [0.1, 0.15) is 11.5 Å². The molecule has 0 N–H and O–H groups in total. The van der Waals surface area contributed by atoms with Crippen molar-refractivity contribution in [3.63, 3.8) is 0 Å². The zero-order valence-electron chi connectivity index (χ0n) is 8.61. The third-order valence-corrected chi connectivity index (χ3v) is 3.28. The van der Waals surface area contributed by atoms with Gasteiger partial charge in [-0.3, -0.25) is 0 Å². The van der Waals surface area contributed by atoms with Gasteiger partial charge in [0.25, 0.3) is 0 Å². The highest BCUT2D eigenvalue weighted by molar-refractivity contribution is 8.02. The van der Waals surface area contributed by atoms with E-state index in [1.807, 2.05) is 18.2 Å². The third-order valence-electron chi connectivity index (χ3n) is 2.37. The van der Waals surface area contributed by atoms with E-state index in [9.17, 15) is 0 Å². The third kappa shape index (κ3) is 2.51. The lowest BCUT2D eigenvalue weighted by Gasteiger charge is -2.05. The summed E-state index contributed by atoms with van der Waals surface area (Å²) in [7, 11) is 0. The van der Waals surface area contributed by atoms with Crippen LogP contribution in [-0.4, -0.2) is 12.4 Å². The summed E-state index contributed by atoms with van der Waals surface area (Å²) >= 11 is 1.63. The Kier molecular flexibility index (Phi) is 3.75. The molecule has 2 rings (SSSR count). The molecule has 1 heterocycles. The van der Waals surface area contributed by atoms with Crippen LogP contribution in [0.4, 0.5) is 0 Å². The van der Waals surface area contributed by atoms with Crippen LogP contribution >= 0.6 is 11.8 Å². The Bertz CT molecular complexity index is 441.